The van der Waals surface area contributed by atoms with Crippen molar-refractivity contribution < 1.29 is 4.74 Å². The van der Waals surface area contributed by atoms with E-state index in [4.69, 9.17) is 16.3 Å². The minimum Gasteiger partial charge on any atom is -0.372 e. The maximum atomic E-state index is 6.10. The Balaban J connectivity index is 2.33. The third-order valence-electron chi connectivity index (χ3n) is 2.89. The minimum absolute atomic E-state index is 0.215. The maximum Gasteiger partial charge on any atom is 0.137 e. The highest BCUT2D eigenvalue weighted by Gasteiger charge is 2.25. The molecule has 4 nitrogen and oxygen atoms in total. The lowest BCUT2D eigenvalue weighted by Gasteiger charge is -2.36. The summed E-state index contributed by atoms with van der Waals surface area (Å²) in [6.45, 7) is 9.67. The van der Waals surface area contributed by atoms with E-state index in [2.05, 4.69) is 28.7 Å². The molecule has 0 aliphatic carbocycles. The van der Waals surface area contributed by atoms with Gasteiger partial charge in [-0.25, -0.2) is 9.97 Å². The number of nitrogens with zero attached hydrogens (tertiary/aromatic N) is 3. The standard InChI is InChI=1S/C12H18ClN3O/c1-7-5-16(6-8(2)17-7)12-9(3)11(13)14-10(4)15-12/h7-8H,5-6H2,1-4H3/t7-,8+. The van der Waals surface area contributed by atoms with Crippen molar-refractivity contribution in [2.45, 2.75) is 39.9 Å². The quantitative estimate of drug-likeness (QED) is 0.722. The van der Waals surface area contributed by atoms with E-state index in [9.17, 15) is 0 Å². The first-order valence-electron chi connectivity index (χ1n) is 5.88. The molecule has 1 aromatic heterocycles. The molecule has 0 saturated carbocycles. The van der Waals surface area contributed by atoms with Crippen LogP contribution in [0, 0.1) is 13.8 Å². The molecule has 0 unspecified atom stereocenters. The molecule has 1 aliphatic heterocycles. The SMILES string of the molecule is Cc1nc(Cl)c(C)c(N2C[C@@H](C)O[C@@H](C)C2)n1. The van der Waals surface area contributed by atoms with Crippen LogP contribution in [0.5, 0.6) is 0 Å². The molecule has 2 heterocycles. The van der Waals surface area contributed by atoms with E-state index in [1.165, 1.54) is 0 Å². The largest absolute Gasteiger partial charge is 0.372 e. The van der Waals surface area contributed by atoms with E-state index in [0.717, 1.165) is 24.5 Å². The molecule has 1 aliphatic rings. The van der Waals surface area contributed by atoms with Gasteiger partial charge in [-0.1, -0.05) is 11.6 Å². The number of anilines is 1. The van der Waals surface area contributed by atoms with Crippen molar-refractivity contribution in [2.24, 2.45) is 0 Å². The molecule has 0 spiro atoms. The normalized spacial score (nSPS) is 25.1. The first-order chi connectivity index (χ1) is 7.97. The Morgan fingerprint density at radius 2 is 1.76 bits per heavy atom. The maximum absolute atomic E-state index is 6.10. The average Bonchev–Trinajstić information content (AvgIpc) is 2.22. The highest BCUT2D eigenvalue weighted by Crippen LogP contribution is 2.26. The Labute approximate surface area is 107 Å². The second-order valence-electron chi connectivity index (χ2n) is 4.67. The molecule has 2 rings (SSSR count). The van der Waals surface area contributed by atoms with Crippen LogP contribution in [0.25, 0.3) is 0 Å². The zero-order valence-corrected chi connectivity index (χ0v) is 11.5. The van der Waals surface area contributed by atoms with Gasteiger partial charge in [0.25, 0.3) is 0 Å². The molecular formula is C12H18ClN3O. The fourth-order valence-corrected chi connectivity index (χ4v) is 2.45. The molecule has 0 radical (unpaired) electrons. The van der Waals surface area contributed by atoms with E-state index in [1.807, 2.05) is 13.8 Å². The number of rotatable bonds is 1. The molecule has 1 fully saturated rings. The topological polar surface area (TPSA) is 38.2 Å². The smallest absolute Gasteiger partial charge is 0.137 e. The molecule has 0 aromatic carbocycles. The Hall–Kier alpha value is -0.870. The summed E-state index contributed by atoms with van der Waals surface area (Å²) >= 11 is 6.10. The monoisotopic (exact) mass is 255 g/mol. The summed E-state index contributed by atoms with van der Waals surface area (Å²) in [5, 5.41) is 0.541. The zero-order chi connectivity index (χ0) is 12.6. The van der Waals surface area contributed by atoms with Gasteiger partial charge in [0, 0.05) is 18.7 Å². The van der Waals surface area contributed by atoms with E-state index in [1.54, 1.807) is 0 Å². The number of aromatic nitrogens is 2. The fourth-order valence-electron chi connectivity index (χ4n) is 2.24. The number of morpholine rings is 1. The van der Waals surface area contributed by atoms with Gasteiger partial charge in [-0.3, -0.25) is 0 Å². The number of hydrogen-bond donors (Lipinski definition) is 0. The lowest BCUT2D eigenvalue weighted by Crippen LogP contribution is -2.46. The van der Waals surface area contributed by atoms with Crippen LogP contribution in [0.2, 0.25) is 5.15 Å². The van der Waals surface area contributed by atoms with Gasteiger partial charge < -0.3 is 9.64 Å². The molecule has 0 bridgehead atoms. The van der Waals surface area contributed by atoms with Crippen LogP contribution in [0.15, 0.2) is 0 Å². The van der Waals surface area contributed by atoms with Crippen LogP contribution in [-0.4, -0.2) is 35.3 Å². The third-order valence-corrected chi connectivity index (χ3v) is 3.26. The second-order valence-corrected chi connectivity index (χ2v) is 5.03. The summed E-state index contributed by atoms with van der Waals surface area (Å²) in [5.74, 6) is 1.65. The van der Waals surface area contributed by atoms with Crippen molar-refractivity contribution in [1.29, 1.82) is 0 Å². The zero-order valence-electron chi connectivity index (χ0n) is 10.7. The fraction of sp³-hybridized carbons (Fsp3) is 0.667. The van der Waals surface area contributed by atoms with Crippen molar-refractivity contribution in [2.75, 3.05) is 18.0 Å². The number of ether oxygens (including phenoxy) is 1. The average molecular weight is 256 g/mol. The van der Waals surface area contributed by atoms with Gasteiger partial charge >= 0.3 is 0 Å². The van der Waals surface area contributed by atoms with Gasteiger partial charge in [0.15, 0.2) is 0 Å². The lowest BCUT2D eigenvalue weighted by atomic mass is 10.2. The van der Waals surface area contributed by atoms with Gasteiger partial charge in [-0.15, -0.1) is 0 Å². The molecule has 1 saturated heterocycles. The van der Waals surface area contributed by atoms with E-state index in [-0.39, 0.29) is 12.2 Å². The van der Waals surface area contributed by atoms with Crippen molar-refractivity contribution in [3.8, 4) is 0 Å². The molecule has 1 aromatic rings. The molecule has 5 heteroatoms. The van der Waals surface area contributed by atoms with E-state index < -0.39 is 0 Å². The van der Waals surface area contributed by atoms with Gasteiger partial charge in [-0.2, -0.15) is 0 Å². The van der Waals surface area contributed by atoms with Gasteiger partial charge in [0.2, 0.25) is 0 Å². The summed E-state index contributed by atoms with van der Waals surface area (Å²) in [5.41, 5.74) is 0.943. The second kappa shape index (κ2) is 4.78. The lowest BCUT2D eigenvalue weighted by molar-refractivity contribution is -0.00550. The Kier molecular flexibility index (Phi) is 3.54. The summed E-state index contributed by atoms with van der Waals surface area (Å²) in [6, 6.07) is 0. The van der Waals surface area contributed by atoms with E-state index >= 15 is 0 Å². The summed E-state index contributed by atoms with van der Waals surface area (Å²) < 4.78 is 5.72. The Morgan fingerprint density at radius 3 is 2.35 bits per heavy atom. The van der Waals surface area contributed by atoms with Crippen molar-refractivity contribution in [3.63, 3.8) is 0 Å². The predicted molar refractivity (Wildman–Crippen MR) is 68.7 cm³/mol. The first-order valence-corrected chi connectivity index (χ1v) is 6.26. The van der Waals surface area contributed by atoms with Crippen molar-refractivity contribution in [3.05, 3.63) is 16.5 Å². The summed E-state index contributed by atoms with van der Waals surface area (Å²) in [4.78, 5) is 10.9. The third kappa shape index (κ3) is 2.69. The summed E-state index contributed by atoms with van der Waals surface area (Å²) in [7, 11) is 0. The number of hydrogen-bond acceptors (Lipinski definition) is 4. The van der Waals surface area contributed by atoms with Crippen molar-refractivity contribution in [1.82, 2.24) is 9.97 Å². The van der Waals surface area contributed by atoms with Crippen LogP contribution in [0.3, 0.4) is 0 Å². The van der Waals surface area contributed by atoms with E-state index in [0.29, 0.717) is 11.0 Å². The molecule has 94 valence electrons. The van der Waals surface area contributed by atoms with Crippen LogP contribution in [-0.2, 0) is 4.74 Å². The predicted octanol–water partition coefficient (Wildman–Crippen LogP) is 2.36. The highest BCUT2D eigenvalue weighted by molar-refractivity contribution is 6.30. The van der Waals surface area contributed by atoms with Gasteiger partial charge in [0.1, 0.15) is 16.8 Å². The molecule has 17 heavy (non-hydrogen) atoms. The molecular weight excluding hydrogens is 238 g/mol. The highest BCUT2D eigenvalue weighted by atomic mass is 35.5. The molecule has 0 N–H and O–H groups in total. The number of aryl methyl sites for hydroxylation is 1. The van der Waals surface area contributed by atoms with Gasteiger partial charge in [-0.05, 0) is 27.7 Å². The van der Waals surface area contributed by atoms with Crippen LogP contribution >= 0.6 is 11.6 Å². The van der Waals surface area contributed by atoms with Gasteiger partial charge in [0.05, 0.1) is 12.2 Å². The van der Waals surface area contributed by atoms with Crippen molar-refractivity contribution >= 4 is 17.4 Å². The molecule has 2 atom stereocenters. The number of halogens is 1. The molecule has 0 amide bonds. The Morgan fingerprint density at radius 1 is 1.18 bits per heavy atom. The first kappa shape index (κ1) is 12.6. The Bertz CT molecular complexity index is 414. The van der Waals surface area contributed by atoms with Crippen LogP contribution in [0.1, 0.15) is 25.2 Å². The van der Waals surface area contributed by atoms with Crippen LogP contribution < -0.4 is 4.90 Å². The minimum atomic E-state index is 0.215. The van der Waals surface area contributed by atoms with Crippen LogP contribution in [0.4, 0.5) is 5.82 Å². The summed E-state index contributed by atoms with van der Waals surface area (Å²) in [6.07, 6.45) is 0.430.